The number of rotatable bonds is 7. The molecule has 1 aliphatic carbocycles. The largest absolute Gasteiger partial charge is 0.478 e. The summed E-state index contributed by atoms with van der Waals surface area (Å²) in [5, 5.41) is 3.21. The van der Waals surface area contributed by atoms with E-state index in [-0.39, 0.29) is 23.7 Å². The fraction of sp³-hybridized carbons (Fsp3) is 0.571. The molecule has 34 heavy (non-hydrogen) atoms. The van der Waals surface area contributed by atoms with Crippen molar-refractivity contribution in [1.29, 1.82) is 0 Å². The molecule has 1 aromatic carbocycles. The van der Waals surface area contributed by atoms with Crippen molar-refractivity contribution in [3.63, 3.8) is 0 Å². The van der Waals surface area contributed by atoms with Crippen LogP contribution >= 0.6 is 0 Å². The van der Waals surface area contributed by atoms with Crippen molar-refractivity contribution in [2.24, 2.45) is 11.3 Å². The van der Waals surface area contributed by atoms with Crippen molar-refractivity contribution >= 4 is 6.09 Å². The summed E-state index contributed by atoms with van der Waals surface area (Å²) in [6.07, 6.45) is 6.95. The number of alkyl carbamates (subject to hydrolysis) is 1. The fourth-order valence-corrected chi connectivity index (χ4v) is 5.80. The molecule has 1 unspecified atom stereocenters. The molecule has 0 saturated carbocycles. The van der Waals surface area contributed by atoms with Crippen molar-refractivity contribution in [2.75, 3.05) is 26.2 Å². The number of nitrogens with one attached hydrogen (secondary N) is 1. The summed E-state index contributed by atoms with van der Waals surface area (Å²) in [5.74, 6) is 1.18. The van der Waals surface area contributed by atoms with Gasteiger partial charge in [0.1, 0.15) is 6.10 Å². The van der Waals surface area contributed by atoms with E-state index >= 15 is 0 Å². The number of pyridine rings is 1. The van der Waals surface area contributed by atoms with E-state index < -0.39 is 0 Å². The van der Waals surface area contributed by atoms with E-state index in [2.05, 4.69) is 60.2 Å². The number of unbranched alkanes of at least 4 members (excludes halogenated alkanes) is 1. The van der Waals surface area contributed by atoms with Gasteiger partial charge in [0.15, 0.2) is 0 Å². The van der Waals surface area contributed by atoms with Crippen molar-refractivity contribution < 1.29 is 14.3 Å². The van der Waals surface area contributed by atoms with Crippen molar-refractivity contribution in [3.05, 3.63) is 47.7 Å². The van der Waals surface area contributed by atoms with E-state index in [0.29, 0.717) is 18.4 Å². The third-order valence-corrected chi connectivity index (χ3v) is 7.82. The van der Waals surface area contributed by atoms with Crippen LogP contribution in [0.3, 0.4) is 0 Å². The molecule has 4 aliphatic rings. The van der Waals surface area contributed by atoms with E-state index in [4.69, 9.17) is 9.47 Å². The lowest BCUT2D eigenvalue weighted by Crippen LogP contribution is -2.53. The van der Waals surface area contributed by atoms with Crippen LogP contribution in [0.15, 0.2) is 36.5 Å². The average molecular weight is 464 g/mol. The number of carbonyl (C=O) groups excluding carboxylic acids is 1. The van der Waals surface area contributed by atoms with Crippen LogP contribution < -0.4 is 10.1 Å². The minimum absolute atomic E-state index is 0.0234. The van der Waals surface area contributed by atoms with Crippen molar-refractivity contribution in [2.45, 2.75) is 65.0 Å². The van der Waals surface area contributed by atoms with Crippen LogP contribution in [0.2, 0.25) is 0 Å². The highest BCUT2D eigenvalue weighted by molar-refractivity contribution is 5.70. The van der Waals surface area contributed by atoms with Gasteiger partial charge in [-0.15, -0.1) is 0 Å². The summed E-state index contributed by atoms with van der Waals surface area (Å²) in [6.45, 7) is 10.4. The lowest BCUT2D eigenvalue weighted by atomic mass is 9.85. The van der Waals surface area contributed by atoms with Gasteiger partial charge in [-0.3, -0.25) is 4.90 Å². The van der Waals surface area contributed by atoms with E-state index in [1.165, 1.54) is 11.1 Å². The Morgan fingerprint density at radius 2 is 1.97 bits per heavy atom. The minimum atomic E-state index is -0.281. The number of fused-ring (bicyclic) bond motifs is 4. The summed E-state index contributed by atoms with van der Waals surface area (Å²) >= 11 is 0. The smallest absolute Gasteiger partial charge is 0.407 e. The number of ether oxygens (including phenoxy) is 2. The normalized spacial score (nSPS) is 26.7. The van der Waals surface area contributed by atoms with Crippen LogP contribution in [0.1, 0.15) is 63.6 Å². The van der Waals surface area contributed by atoms with Gasteiger partial charge in [-0.05, 0) is 72.9 Å². The number of nitrogens with zero attached hydrogens (tertiary/aromatic N) is 2. The Balaban J connectivity index is 1.26. The number of hydrogen-bond donors (Lipinski definition) is 1. The second-order valence-electron chi connectivity index (χ2n) is 10.8. The molecule has 2 atom stereocenters. The van der Waals surface area contributed by atoms with Crippen molar-refractivity contribution in [3.8, 4) is 17.0 Å². The monoisotopic (exact) mass is 463 g/mol. The molecule has 3 saturated heterocycles. The van der Waals surface area contributed by atoms with E-state index in [1.54, 1.807) is 0 Å². The first-order chi connectivity index (χ1) is 16.4. The fourth-order valence-electron chi connectivity index (χ4n) is 5.80. The Morgan fingerprint density at radius 1 is 1.18 bits per heavy atom. The quantitative estimate of drug-likeness (QED) is 0.559. The van der Waals surface area contributed by atoms with Crippen LogP contribution in [0.5, 0.6) is 5.88 Å². The Morgan fingerprint density at radius 3 is 2.65 bits per heavy atom. The van der Waals surface area contributed by atoms with Crippen LogP contribution in [0.4, 0.5) is 4.79 Å². The molecule has 1 amide bonds. The van der Waals surface area contributed by atoms with Gasteiger partial charge >= 0.3 is 6.09 Å². The van der Waals surface area contributed by atoms with Gasteiger partial charge < -0.3 is 14.8 Å². The lowest BCUT2D eigenvalue weighted by molar-refractivity contribution is -0.0348. The highest BCUT2D eigenvalue weighted by Gasteiger charge is 2.42. The molecule has 1 N–H and O–H groups in total. The molecular formula is C28H37N3O3. The second-order valence-corrected chi connectivity index (χ2v) is 10.8. The van der Waals surface area contributed by atoms with Gasteiger partial charge in [-0.1, -0.05) is 45.4 Å². The molecule has 2 aromatic rings. The maximum atomic E-state index is 12.9. The summed E-state index contributed by atoms with van der Waals surface area (Å²) in [6, 6.07) is 10.5. The molecule has 3 fully saturated rings. The molecule has 4 heterocycles. The number of carbonyl (C=O) groups is 1. The minimum Gasteiger partial charge on any atom is -0.478 e. The molecule has 6 rings (SSSR count). The molecule has 6 heteroatoms. The molecule has 2 bridgehead atoms. The zero-order valence-corrected chi connectivity index (χ0v) is 20.7. The molecule has 1 aromatic heterocycles. The van der Waals surface area contributed by atoms with Gasteiger partial charge in [-0.2, -0.15) is 0 Å². The number of aromatic nitrogens is 1. The Hall–Kier alpha value is -2.60. The number of piperidine rings is 3. The molecular weight excluding hydrogens is 426 g/mol. The van der Waals surface area contributed by atoms with Gasteiger partial charge in [0.05, 0.1) is 12.6 Å². The Labute approximate surface area is 203 Å². The SMILES string of the molecule is CCCCOc1ccc(-c2ccc3c(c2)CC(C)(C)C3NC(=O)O[C@@H]2CN3CCC2CC3)cn1. The number of hydrogen-bond acceptors (Lipinski definition) is 5. The van der Waals surface area contributed by atoms with E-state index in [9.17, 15) is 4.79 Å². The summed E-state index contributed by atoms with van der Waals surface area (Å²) < 4.78 is 11.6. The first kappa shape index (κ1) is 23.2. The molecule has 0 radical (unpaired) electrons. The van der Waals surface area contributed by atoms with Crippen LogP contribution in [-0.2, 0) is 11.2 Å². The summed E-state index contributed by atoms with van der Waals surface area (Å²) in [5.41, 5.74) is 4.59. The predicted octanol–water partition coefficient (Wildman–Crippen LogP) is 5.37. The lowest BCUT2D eigenvalue weighted by Gasteiger charge is -2.44. The number of benzene rings is 1. The predicted molar refractivity (Wildman–Crippen MR) is 133 cm³/mol. The highest BCUT2D eigenvalue weighted by Crippen LogP contribution is 2.46. The summed E-state index contributed by atoms with van der Waals surface area (Å²) in [4.78, 5) is 19.8. The average Bonchev–Trinajstić information content (AvgIpc) is 3.09. The van der Waals surface area contributed by atoms with Crippen molar-refractivity contribution in [1.82, 2.24) is 15.2 Å². The highest BCUT2D eigenvalue weighted by atomic mass is 16.6. The first-order valence-electron chi connectivity index (χ1n) is 12.8. The zero-order valence-electron chi connectivity index (χ0n) is 20.7. The summed E-state index contributed by atoms with van der Waals surface area (Å²) in [7, 11) is 0. The maximum Gasteiger partial charge on any atom is 0.407 e. The first-order valence-corrected chi connectivity index (χ1v) is 12.8. The second kappa shape index (κ2) is 9.57. The Bertz CT molecular complexity index is 1010. The Kier molecular flexibility index (Phi) is 6.52. The van der Waals surface area contributed by atoms with E-state index in [0.717, 1.165) is 62.9 Å². The van der Waals surface area contributed by atoms with Crippen LogP contribution in [0, 0.1) is 11.3 Å². The topological polar surface area (TPSA) is 63.7 Å². The van der Waals surface area contributed by atoms with Crippen LogP contribution in [0.25, 0.3) is 11.1 Å². The van der Waals surface area contributed by atoms with Gasteiger partial charge in [-0.25, -0.2) is 9.78 Å². The van der Waals surface area contributed by atoms with E-state index in [1.807, 2.05) is 12.3 Å². The van der Waals surface area contributed by atoms with Gasteiger partial charge in [0.2, 0.25) is 5.88 Å². The van der Waals surface area contributed by atoms with Gasteiger partial charge in [0.25, 0.3) is 0 Å². The number of amides is 1. The zero-order chi connectivity index (χ0) is 23.7. The molecule has 0 spiro atoms. The molecule has 182 valence electrons. The molecule has 6 nitrogen and oxygen atoms in total. The maximum absolute atomic E-state index is 12.9. The standard InChI is InChI=1S/C28H37N3O3/c1-4-5-14-33-25-9-7-21(17-29-25)20-6-8-23-22(15-20)16-28(2,3)26(23)30-27(32)34-24-18-31-12-10-19(24)11-13-31/h6-9,15,17,19,24,26H,4-5,10-14,16,18H2,1-3H3,(H,30,32)/t24-,26?/m1/s1. The van der Waals surface area contributed by atoms with Crippen LogP contribution in [-0.4, -0.2) is 48.3 Å². The van der Waals surface area contributed by atoms with Gasteiger partial charge in [0, 0.05) is 24.4 Å². The third kappa shape index (κ3) is 4.78. The third-order valence-electron chi connectivity index (χ3n) is 7.82. The molecule has 3 aliphatic heterocycles.